The van der Waals surface area contributed by atoms with Crippen molar-refractivity contribution in [2.24, 2.45) is 5.10 Å². The summed E-state index contributed by atoms with van der Waals surface area (Å²) in [5.41, 5.74) is 3.66. The molecule has 0 unspecified atom stereocenters. The standard InChI is InChI=1S/C17H19N5O4/c1-20(2)11-10-15(13-6-4-3-5-7-13)18-19-16-9-8-14(21(23)24)12-17(16)22(25)26/h3-9,12,19H,10-11H2,1-2H3/b18-15+. The molecule has 0 fully saturated rings. The minimum atomic E-state index is -0.674. The van der Waals surface area contributed by atoms with Crippen molar-refractivity contribution in [3.63, 3.8) is 0 Å². The molecule has 2 aromatic carbocycles. The summed E-state index contributed by atoms with van der Waals surface area (Å²) in [5.74, 6) is 0. The zero-order valence-corrected chi connectivity index (χ0v) is 14.5. The molecule has 26 heavy (non-hydrogen) atoms. The molecule has 2 aromatic rings. The lowest BCUT2D eigenvalue weighted by atomic mass is 10.1. The maximum atomic E-state index is 11.2. The van der Waals surface area contributed by atoms with Crippen molar-refractivity contribution >= 4 is 22.8 Å². The topological polar surface area (TPSA) is 114 Å². The van der Waals surface area contributed by atoms with E-state index in [-0.39, 0.29) is 11.4 Å². The lowest BCUT2D eigenvalue weighted by Crippen LogP contribution is -2.18. The molecule has 0 saturated carbocycles. The summed E-state index contributed by atoms with van der Waals surface area (Å²) in [6, 6.07) is 12.9. The van der Waals surface area contributed by atoms with Crippen molar-refractivity contribution < 1.29 is 9.85 Å². The van der Waals surface area contributed by atoms with Crippen LogP contribution in [0.15, 0.2) is 53.6 Å². The van der Waals surface area contributed by atoms with Gasteiger partial charge in [0.15, 0.2) is 0 Å². The molecule has 2 rings (SSSR count). The Labute approximate surface area is 150 Å². The molecule has 136 valence electrons. The number of nitrogens with zero attached hydrogens (tertiary/aromatic N) is 4. The van der Waals surface area contributed by atoms with Crippen LogP contribution in [0.25, 0.3) is 0 Å². The van der Waals surface area contributed by atoms with Gasteiger partial charge in [0.1, 0.15) is 5.69 Å². The van der Waals surface area contributed by atoms with Crippen molar-refractivity contribution in [1.29, 1.82) is 0 Å². The second-order valence-corrected chi connectivity index (χ2v) is 5.81. The molecule has 0 spiro atoms. The monoisotopic (exact) mass is 357 g/mol. The van der Waals surface area contributed by atoms with Crippen molar-refractivity contribution in [3.05, 3.63) is 74.3 Å². The first-order valence-electron chi connectivity index (χ1n) is 7.84. The van der Waals surface area contributed by atoms with Gasteiger partial charge in [-0.1, -0.05) is 30.3 Å². The number of hydrazone groups is 1. The molecule has 0 heterocycles. The molecule has 1 N–H and O–H groups in total. The molecule has 9 nitrogen and oxygen atoms in total. The number of non-ortho nitro benzene ring substituents is 1. The first-order chi connectivity index (χ1) is 12.4. The van der Waals surface area contributed by atoms with Gasteiger partial charge in [0.25, 0.3) is 5.69 Å². The highest BCUT2D eigenvalue weighted by Crippen LogP contribution is 2.29. The quantitative estimate of drug-likeness (QED) is 0.440. The fourth-order valence-corrected chi connectivity index (χ4v) is 2.23. The third-order valence-corrected chi connectivity index (χ3v) is 3.60. The number of nitro groups is 2. The van der Waals surface area contributed by atoms with Crippen LogP contribution in [-0.4, -0.2) is 41.1 Å². The van der Waals surface area contributed by atoms with Gasteiger partial charge in [0.2, 0.25) is 0 Å². The van der Waals surface area contributed by atoms with Crippen molar-refractivity contribution in [3.8, 4) is 0 Å². The van der Waals surface area contributed by atoms with Crippen LogP contribution in [0, 0.1) is 20.2 Å². The van der Waals surface area contributed by atoms with Gasteiger partial charge in [-0.3, -0.25) is 25.7 Å². The van der Waals surface area contributed by atoms with E-state index < -0.39 is 15.5 Å². The van der Waals surface area contributed by atoms with E-state index in [4.69, 9.17) is 0 Å². The minimum Gasteiger partial charge on any atom is -0.309 e. The third-order valence-electron chi connectivity index (χ3n) is 3.60. The van der Waals surface area contributed by atoms with Gasteiger partial charge in [-0.25, -0.2) is 0 Å². The summed E-state index contributed by atoms with van der Waals surface area (Å²) in [4.78, 5) is 22.7. The second kappa shape index (κ2) is 8.67. The SMILES string of the molecule is CN(C)CC/C(=N\Nc1ccc([N+](=O)[O-])cc1[N+](=O)[O-])c1ccccc1. The van der Waals surface area contributed by atoms with Crippen LogP contribution in [0.2, 0.25) is 0 Å². The molecule has 0 aliphatic heterocycles. The van der Waals surface area contributed by atoms with Gasteiger partial charge in [-0.2, -0.15) is 5.10 Å². The highest BCUT2D eigenvalue weighted by molar-refractivity contribution is 6.01. The van der Waals surface area contributed by atoms with E-state index in [2.05, 4.69) is 10.5 Å². The smallest absolute Gasteiger partial charge is 0.301 e. The first-order valence-corrected chi connectivity index (χ1v) is 7.84. The zero-order chi connectivity index (χ0) is 19.1. The highest BCUT2D eigenvalue weighted by Gasteiger charge is 2.19. The predicted molar refractivity (Wildman–Crippen MR) is 99.5 cm³/mol. The van der Waals surface area contributed by atoms with Crippen LogP contribution in [-0.2, 0) is 0 Å². The Balaban J connectivity index is 2.33. The fraction of sp³-hybridized carbons (Fsp3) is 0.235. The number of nitrogens with one attached hydrogen (secondary N) is 1. The van der Waals surface area contributed by atoms with Crippen LogP contribution >= 0.6 is 0 Å². The van der Waals surface area contributed by atoms with Crippen LogP contribution in [0.5, 0.6) is 0 Å². The van der Waals surface area contributed by atoms with E-state index in [1.807, 2.05) is 49.3 Å². The average molecular weight is 357 g/mol. The molecule has 0 atom stereocenters. The Bertz CT molecular complexity index is 821. The Morgan fingerprint density at radius 2 is 1.77 bits per heavy atom. The van der Waals surface area contributed by atoms with Crippen molar-refractivity contribution in [2.45, 2.75) is 6.42 Å². The number of hydrogen-bond acceptors (Lipinski definition) is 7. The Morgan fingerprint density at radius 3 is 2.35 bits per heavy atom. The lowest BCUT2D eigenvalue weighted by Gasteiger charge is -2.12. The van der Waals surface area contributed by atoms with Gasteiger partial charge in [0, 0.05) is 19.0 Å². The fourth-order valence-electron chi connectivity index (χ4n) is 2.23. The van der Waals surface area contributed by atoms with Gasteiger partial charge >= 0.3 is 5.69 Å². The lowest BCUT2D eigenvalue weighted by molar-refractivity contribution is -0.393. The first kappa shape index (κ1) is 19.0. The van der Waals surface area contributed by atoms with Crippen LogP contribution in [0.4, 0.5) is 17.1 Å². The summed E-state index contributed by atoms with van der Waals surface area (Å²) >= 11 is 0. The molecule has 0 aliphatic carbocycles. The van der Waals surface area contributed by atoms with E-state index in [1.54, 1.807) is 0 Å². The minimum absolute atomic E-state index is 0.0962. The summed E-state index contributed by atoms with van der Waals surface area (Å²) < 4.78 is 0. The van der Waals surface area contributed by atoms with Crippen LogP contribution in [0.1, 0.15) is 12.0 Å². The van der Waals surface area contributed by atoms with Gasteiger partial charge in [0.05, 0.1) is 21.6 Å². The summed E-state index contributed by atoms with van der Waals surface area (Å²) in [6.45, 7) is 0.748. The molecule has 0 amide bonds. The molecular weight excluding hydrogens is 338 g/mol. The Kier molecular flexibility index (Phi) is 6.34. The Morgan fingerprint density at radius 1 is 1.08 bits per heavy atom. The van der Waals surface area contributed by atoms with E-state index in [0.29, 0.717) is 6.42 Å². The summed E-state index contributed by atoms with van der Waals surface area (Å²) in [6.07, 6.45) is 0.630. The van der Waals surface area contributed by atoms with Gasteiger partial charge in [-0.15, -0.1) is 0 Å². The molecule has 0 aliphatic rings. The van der Waals surface area contributed by atoms with Crippen LogP contribution in [0.3, 0.4) is 0 Å². The number of anilines is 1. The van der Waals surface area contributed by atoms with Gasteiger partial charge < -0.3 is 4.90 Å². The second-order valence-electron chi connectivity index (χ2n) is 5.81. The normalized spacial score (nSPS) is 11.4. The largest absolute Gasteiger partial charge is 0.309 e. The maximum absolute atomic E-state index is 11.2. The van der Waals surface area contributed by atoms with Crippen molar-refractivity contribution in [2.75, 3.05) is 26.1 Å². The molecule has 9 heteroatoms. The van der Waals surface area contributed by atoms with E-state index in [1.165, 1.54) is 12.1 Å². The van der Waals surface area contributed by atoms with E-state index in [9.17, 15) is 20.2 Å². The molecule has 0 saturated heterocycles. The average Bonchev–Trinajstić information content (AvgIpc) is 2.62. The predicted octanol–water partition coefficient (Wildman–Crippen LogP) is 3.27. The maximum Gasteiger partial charge on any atom is 0.301 e. The zero-order valence-electron chi connectivity index (χ0n) is 14.5. The number of benzene rings is 2. The number of rotatable bonds is 8. The highest BCUT2D eigenvalue weighted by atomic mass is 16.6. The number of hydrogen-bond donors (Lipinski definition) is 1. The molecule has 0 aromatic heterocycles. The van der Waals surface area contributed by atoms with Crippen molar-refractivity contribution in [1.82, 2.24) is 4.90 Å². The molecule has 0 radical (unpaired) electrons. The summed E-state index contributed by atoms with van der Waals surface area (Å²) in [5, 5.41) is 26.4. The molecular formula is C17H19N5O4. The number of nitro benzene ring substituents is 2. The third kappa shape index (κ3) is 5.08. The summed E-state index contributed by atoms with van der Waals surface area (Å²) in [7, 11) is 3.88. The van der Waals surface area contributed by atoms with E-state index in [0.717, 1.165) is 23.9 Å². The van der Waals surface area contributed by atoms with E-state index >= 15 is 0 Å². The van der Waals surface area contributed by atoms with Gasteiger partial charge in [-0.05, 0) is 25.7 Å². The Hall–Kier alpha value is -3.33. The molecule has 0 bridgehead atoms. The van der Waals surface area contributed by atoms with Crippen LogP contribution < -0.4 is 5.43 Å².